The van der Waals surface area contributed by atoms with Crippen LogP contribution < -0.4 is 10.2 Å². The number of piperidine rings is 1. The molecule has 2 fully saturated rings. The van der Waals surface area contributed by atoms with Gasteiger partial charge < -0.3 is 19.4 Å². The van der Waals surface area contributed by atoms with E-state index in [2.05, 4.69) is 10.2 Å². The third-order valence-electron chi connectivity index (χ3n) is 5.83. The van der Waals surface area contributed by atoms with Gasteiger partial charge in [0.15, 0.2) is 0 Å². The number of fused-ring (bicyclic) bond motifs is 1. The number of ether oxygens (including phenoxy) is 1. The van der Waals surface area contributed by atoms with E-state index in [1.807, 2.05) is 32.9 Å². The minimum Gasteiger partial charge on any atom is -0.444 e. The van der Waals surface area contributed by atoms with Gasteiger partial charge in [-0.1, -0.05) is 6.07 Å². The van der Waals surface area contributed by atoms with Gasteiger partial charge in [0, 0.05) is 56.0 Å². The molecule has 1 atom stereocenters. The average Bonchev–Trinajstić information content (AvgIpc) is 3.03. The van der Waals surface area contributed by atoms with Crippen molar-refractivity contribution in [1.82, 2.24) is 15.1 Å². The lowest BCUT2D eigenvalue weighted by Gasteiger charge is -2.37. The molecule has 4 rings (SSSR count). The number of hydrogen-bond acceptors (Lipinski definition) is 6. The molecule has 166 valence electrons. The first-order valence-corrected chi connectivity index (χ1v) is 10.6. The smallest absolute Gasteiger partial charge is 0.410 e. The molecule has 3 aliphatic heterocycles. The molecular formula is C22H28N4O5. The first-order valence-electron chi connectivity index (χ1n) is 10.6. The molecule has 9 heteroatoms. The number of rotatable bonds is 2. The van der Waals surface area contributed by atoms with Crippen LogP contribution in [0, 0.1) is 0 Å². The molecule has 1 aromatic carbocycles. The molecule has 0 saturated carbocycles. The van der Waals surface area contributed by atoms with Crippen molar-refractivity contribution in [3.8, 4) is 0 Å². The van der Waals surface area contributed by atoms with Crippen molar-refractivity contribution >= 4 is 29.5 Å². The Kier molecular flexibility index (Phi) is 5.36. The highest BCUT2D eigenvalue weighted by atomic mass is 16.6. The second-order valence-corrected chi connectivity index (χ2v) is 9.16. The molecule has 4 amide bonds. The molecule has 31 heavy (non-hydrogen) atoms. The third kappa shape index (κ3) is 4.22. The molecule has 1 N–H and O–H groups in total. The molecule has 0 radical (unpaired) electrons. The van der Waals surface area contributed by atoms with Crippen LogP contribution in [0.1, 0.15) is 49.5 Å². The molecule has 0 aliphatic carbocycles. The Labute approximate surface area is 181 Å². The molecule has 0 aromatic heterocycles. The fourth-order valence-corrected chi connectivity index (χ4v) is 4.32. The Balaban J connectivity index is 1.47. The number of carbonyl (C=O) groups is 4. The minimum atomic E-state index is -0.630. The summed E-state index contributed by atoms with van der Waals surface area (Å²) in [7, 11) is 0. The van der Waals surface area contributed by atoms with E-state index in [0.29, 0.717) is 44.7 Å². The summed E-state index contributed by atoms with van der Waals surface area (Å²) in [6.07, 6.45) is 0.259. The summed E-state index contributed by atoms with van der Waals surface area (Å²) in [4.78, 5) is 54.5. The zero-order valence-corrected chi connectivity index (χ0v) is 18.1. The summed E-state index contributed by atoms with van der Waals surface area (Å²) >= 11 is 0. The van der Waals surface area contributed by atoms with E-state index in [1.165, 1.54) is 0 Å². The van der Waals surface area contributed by atoms with Gasteiger partial charge in [-0.2, -0.15) is 0 Å². The lowest BCUT2D eigenvalue weighted by Crippen LogP contribution is -2.52. The monoisotopic (exact) mass is 428 g/mol. The van der Waals surface area contributed by atoms with Crippen LogP contribution in [-0.2, 0) is 20.9 Å². The number of carbonyl (C=O) groups excluding carboxylic acids is 4. The van der Waals surface area contributed by atoms with Crippen LogP contribution in [0.25, 0.3) is 0 Å². The van der Waals surface area contributed by atoms with Gasteiger partial charge in [0.2, 0.25) is 11.8 Å². The molecule has 9 nitrogen and oxygen atoms in total. The number of piperazine rings is 1. The highest BCUT2D eigenvalue weighted by Gasteiger charge is 2.40. The molecule has 3 aliphatic rings. The highest BCUT2D eigenvalue weighted by molar-refractivity contribution is 6.06. The van der Waals surface area contributed by atoms with Gasteiger partial charge in [-0.15, -0.1) is 0 Å². The maximum absolute atomic E-state index is 13.0. The van der Waals surface area contributed by atoms with Gasteiger partial charge in [-0.3, -0.25) is 19.7 Å². The van der Waals surface area contributed by atoms with Gasteiger partial charge in [-0.25, -0.2) is 4.79 Å². The van der Waals surface area contributed by atoms with Crippen LogP contribution in [0.4, 0.5) is 10.5 Å². The predicted octanol–water partition coefficient (Wildman–Crippen LogP) is 1.50. The van der Waals surface area contributed by atoms with E-state index < -0.39 is 17.6 Å². The Bertz CT molecular complexity index is 930. The van der Waals surface area contributed by atoms with Crippen molar-refractivity contribution in [3.05, 3.63) is 29.3 Å². The number of imide groups is 1. The Hall–Kier alpha value is -3.10. The largest absolute Gasteiger partial charge is 0.444 e. The zero-order chi connectivity index (χ0) is 22.3. The van der Waals surface area contributed by atoms with Crippen LogP contribution in [-0.4, -0.2) is 71.4 Å². The van der Waals surface area contributed by atoms with E-state index in [9.17, 15) is 19.2 Å². The van der Waals surface area contributed by atoms with Crippen molar-refractivity contribution < 1.29 is 23.9 Å². The van der Waals surface area contributed by atoms with Crippen molar-refractivity contribution in [1.29, 1.82) is 0 Å². The summed E-state index contributed by atoms with van der Waals surface area (Å²) < 4.78 is 5.46. The molecule has 3 heterocycles. The van der Waals surface area contributed by atoms with Crippen LogP contribution in [0.3, 0.4) is 0 Å². The van der Waals surface area contributed by atoms with Gasteiger partial charge in [0.25, 0.3) is 5.91 Å². The second-order valence-electron chi connectivity index (χ2n) is 9.16. The fraction of sp³-hybridized carbons (Fsp3) is 0.545. The number of hydrogen-bond donors (Lipinski definition) is 1. The number of benzene rings is 1. The van der Waals surface area contributed by atoms with Crippen molar-refractivity contribution in [3.63, 3.8) is 0 Å². The lowest BCUT2D eigenvalue weighted by molar-refractivity contribution is -0.136. The van der Waals surface area contributed by atoms with Gasteiger partial charge >= 0.3 is 6.09 Å². The normalized spacial score (nSPS) is 21.8. The predicted molar refractivity (Wildman–Crippen MR) is 113 cm³/mol. The minimum absolute atomic E-state index is 0.182. The summed E-state index contributed by atoms with van der Waals surface area (Å²) in [6.45, 7) is 8.19. The molecule has 1 unspecified atom stereocenters. The standard InChI is InChI=1S/C22H28N4O5/c1-22(2,3)31-21(30)25-11-9-24(10-12-25)16-6-4-5-14-15(16)13-26(20(14)29)17-7-8-18(27)23-19(17)28/h4-6,17H,7-13H2,1-3H3,(H,23,27,28). The van der Waals surface area contributed by atoms with Gasteiger partial charge in [-0.05, 0) is 39.3 Å². The third-order valence-corrected chi connectivity index (χ3v) is 5.83. The van der Waals surface area contributed by atoms with Gasteiger partial charge in [0.05, 0.1) is 0 Å². The number of amides is 4. The van der Waals surface area contributed by atoms with Crippen LogP contribution in [0.2, 0.25) is 0 Å². The number of nitrogens with zero attached hydrogens (tertiary/aromatic N) is 3. The zero-order valence-electron chi connectivity index (χ0n) is 18.1. The Morgan fingerprint density at radius 3 is 2.45 bits per heavy atom. The van der Waals surface area contributed by atoms with Gasteiger partial charge in [0.1, 0.15) is 11.6 Å². The summed E-state index contributed by atoms with van der Waals surface area (Å²) in [6, 6.07) is 4.97. The van der Waals surface area contributed by atoms with E-state index >= 15 is 0 Å². The molecule has 0 bridgehead atoms. The maximum atomic E-state index is 13.0. The van der Waals surface area contributed by atoms with Crippen LogP contribution in [0.15, 0.2) is 18.2 Å². The topological polar surface area (TPSA) is 99.3 Å². The van der Waals surface area contributed by atoms with Crippen molar-refractivity contribution in [2.45, 2.75) is 51.8 Å². The highest BCUT2D eigenvalue weighted by Crippen LogP contribution is 2.34. The number of anilines is 1. The van der Waals surface area contributed by atoms with Crippen molar-refractivity contribution in [2.24, 2.45) is 0 Å². The quantitative estimate of drug-likeness (QED) is 0.717. The fourth-order valence-electron chi connectivity index (χ4n) is 4.32. The Morgan fingerprint density at radius 2 is 1.81 bits per heavy atom. The van der Waals surface area contributed by atoms with E-state index in [1.54, 1.807) is 15.9 Å². The van der Waals surface area contributed by atoms with E-state index in [-0.39, 0.29) is 24.3 Å². The number of nitrogens with one attached hydrogen (secondary N) is 1. The van der Waals surface area contributed by atoms with E-state index in [4.69, 9.17) is 4.74 Å². The van der Waals surface area contributed by atoms with E-state index in [0.717, 1.165) is 11.3 Å². The molecular weight excluding hydrogens is 400 g/mol. The molecule has 2 saturated heterocycles. The Morgan fingerprint density at radius 1 is 1.10 bits per heavy atom. The SMILES string of the molecule is CC(C)(C)OC(=O)N1CCN(c2cccc3c2CN(C2CCC(=O)NC2=O)C3=O)CC1. The first kappa shape index (κ1) is 21.1. The summed E-state index contributed by atoms with van der Waals surface area (Å²) in [5, 5.41) is 2.33. The maximum Gasteiger partial charge on any atom is 0.410 e. The van der Waals surface area contributed by atoms with Crippen LogP contribution in [0.5, 0.6) is 0 Å². The average molecular weight is 428 g/mol. The summed E-state index contributed by atoms with van der Waals surface area (Å²) in [5.41, 5.74) is 1.90. The van der Waals surface area contributed by atoms with Crippen molar-refractivity contribution in [2.75, 3.05) is 31.1 Å². The second kappa shape index (κ2) is 7.86. The molecule has 1 aromatic rings. The summed E-state index contributed by atoms with van der Waals surface area (Å²) in [5.74, 6) is -0.891. The first-order chi connectivity index (χ1) is 14.6. The lowest BCUT2D eigenvalue weighted by atomic mass is 10.0. The van der Waals surface area contributed by atoms with Crippen LogP contribution >= 0.6 is 0 Å². The molecule has 0 spiro atoms.